The van der Waals surface area contributed by atoms with Crippen molar-refractivity contribution in [1.29, 1.82) is 0 Å². The number of nitrogens with zero attached hydrogens (tertiary/aromatic N) is 4. The highest BCUT2D eigenvalue weighted by molar-refractivity contribution is 6.31. The summed E-state index contributed by atoms with van der Waals surface area (Å²) in [7, 11) is 1.97. The minimum absolute atomic E-state index is 0.503. The van der Waals surface area contributed by atoms with Gasteiger partial charge < -0.3 is 15.2 Å². The first-order chi connectivity index (χ1) is 12.6. The maximum absolute atomic E-state index is 6.25. The molecular formula is C19H27ClN6. The SMILES string of the molecule is Cc1nnc(CN=C(NCCc2ccccc2Cl)NC2CCCC2)n1C. The largest absolute Gasteiger partial charge is 0.356 e. The third-order valence-electron chi connectivity index (χ3n) is 4.90. The summed E-state index contributed by atoms with van der Waals surface area (Å²) < 4.78 is 1.97. The lowest BCUT2D eigenvalue weighted by Gasteiger charge is -2.17. The van der Waals surface area contributed by atoms with E-state index in [1.807, 2.05) is 36.7 Å². The lowest BCUT2D eigenvalue weighted by molar-refractivity contribution is 0.610. The normalized spacial score (nSPS) is 15.4. The Bertz CT molecular complexity index is 748. The monoisotopic (exact) mass is 374 g/mol. The molecule has 0 bridgehead atoms. The van der Waals surface area contributed by atoms with Crippen LogP contribution in [0.4, 0.5) is 0 Å². The van der Waals surface area contributed by atoms with E-state index in [-0.39, 0.29) is 0 Å². The van der Waals surface area contributed by atoms with Crippen molar-refractivity contribution in [1.82, 2.24) is 25.4 Å². The molecule has 1 aromatic carbocycles. The summed E-state index contributed by atoms with van der Waals surface area (Å²) in [5, 5.41) is 16.1. The lowest BCUT2D eigenvalue weighted by atomic mass is 10.1. The highest BCUT2D eigenvalue weighted by Crippen LogP contribution is 2.17. The van der Waals surface area contributed by atoms with E-state index in [1.54, 1.807) is 0 Å². The topological polar surface area (TPSA) is 67.1 Å². The molecule has 1 fully saturated rings. The molecule has 1 aliphatic rings. The van der Waals surface area contributed by atoms with Crippen molar-refractivity contribution in [3.8, 4) is 0 Å². The van der Waals surface area contributed by atoms with E-state index in [1.165, 1.54) is 25.7 Å². The van der Waals surface area contributed by atoms with Crippen molar-refractivity contribution in [2.24, 2.45) is 12.0 Å². The van der Waals surface area contributed by atoms with Crippen LogP contribution in [0, 0.1) is 6.92 Å². The van der Waals surface area contributed by atoms with Crippen molar-refractivity contribution in [2.75, 3.05) is 6.54 Å². The third kappa shape index (κ3) is 4.97. The van der Waals surface area contributed by atoms with Crippen LogP contribution in [-0.4, -0.2) is 33.3 Å². The molecule has 1 heterocycles. The lowest BCUT2D eigenvalue weighted by Crippen LogP contribution is -2.43. The quantitative estimate of drug-likeness (QED) is 0.602. The number of nitrogens with one attached hydrogen (secondary N) is 2. The maximum atomic E-state index is 6.25. The highest BCUT2D eigenvalue weighted by Gasteiger charge is 2.16. The number of rotatable bonds is 6. The van der Waals surface area contributed by atoms with Gasteiger partial charge in [0.25, 0.3) is 0 Å². The predicted molar refractivity (Wildman–Crippen MR) is 105 cm³/mol. The second-order valence-electron chi connectivity index (χ2n) is 6.78. The standard InChI is InChI=1S/C19H27ClN6/c1-14-24-25-18(26(14)2)13-22-19(23-16-8-4-5-9-16)21-12-11-15-7-3-6-10-17(15)20/h3,6-7,10,16H,4-5,8-9,11-13H2,1-2H3,(H2,21,22,23). The molecule has 0 amide bonds. The Hall–Kier alpha value is -2.08. The summed E-state index contributed by atoms with van der Waals surface area (Å²) >= 11 is 6.25. The van der Waals surface area contributed by atoms with E-state index in [4.69, 9.17) is 16.6 Å². The maximum Gasteiger partial charge on any atom is 0.191 e. The average molecular weight is 375 g/mol. The molecule has 2 N–H and O–H groups in total. The number of halogens is 1. The smallest absolute Gasteiger partial charge is 0.191 e. The Kier molecular flexibility index (Phi) is 6.50. The summed E-state index contributed by atoms with van der Waals surface area (Å²) in [4.78, 5) is 4.72. The summed E-state index contributed by atoms with van der Waals surface area (Å²) in [5.74, 6) is 2.60. The van der Waals surface area contributed by atoms with Gasteiger partial charge in [0, 0.05) is 24.7 Å². The number of benzene rings is 1. The Balaban J connectivity index is 1.61. The number of aryl methyl sites for hydroxylation is 1. The summed E-state index contributed by atoms with van der Waals surface area (Å²) in [6, 6.07) is 8.47. The summed E-state index contributed by atoms with van der Waals surface area (Å²) in [6.45, 7) is 3.23. The molecule has 0 unspecified atom stereocenters. The van der Waals surface area contributed by atoms with E-state index in [9.17, 15) is 0 Å². The van der Waals surface area contributed by atoms with Crippen molar-refractivity contribution < 1.29 is 0 Å². The van der Waals surface area contributed by atoms with Crippen LogP contribution in [0.25, 0.3) is 0 Å². The fourth-order valence-electron chi connectivity index (χ4n) is 3.17. The predicted octanol–water partition coefficient (Wildman–Crippen LogP) is 3.00. The van der Waals surface area contributed by atoms with Crippen molar-refractivity contribution in [3.63, 3.8) is 0 Å². The molecular weight excluding hydrogens is 348 g/mol. The van der Waals surface area contributed by atoms with E-state index < -0.39 is 0 Å². The first kappa shape index (κ1) is 18.7. The van der Waals surface area contributed by atoms with E-state index in [0.29, 0.717) is 12.6 Å². The van der Waals surface area contributed by atoms with Gasteiger partial charge in [-0.15, -0.1) is 10.2 Å². The van der Waals surface area contributed by atoms with Crippen LogP contribution in [0.3, 0.4) is 0 Å². The van der Waals surface area contributed by atoms with Crippen LogP contribution in [0.5, 0.6) is 0 Å². The molecule has 0 saturated heterocycles. The Morgan fingerprint density at radius 3 is 2.73 bits per heavy atom. The number of hydrogen-bond donors (Lipinski definition) is 2. The molecule has 26 heavy (non-hydrogen) atoms. The molecule has 140 valence electrons. The van der Waals surface area contributed by atoms with Crippen LogP contribution in [0.15, 0.2) is 29.3 Å². The molecule has 1 aliphatic carbocycles. The van der Waals surface area contributed by atoms with Crippen molar-refractivity contribution in [2.45, 2.75) is 51.6 Å². The molecule has 6 nitrogen and oxygen atoms in total. The van der Waals surface area contributed by atoms with E-state index in [0.717, 1.165) is 41.2 Å². The van der Waals surface area contributed by atoms with Gasteiger partial charge in [0.1, 0.15) is 12.4 Å². The van der Waals surface area contributed by atoms with Gasteiger partial charge in [0.2, 0.25) is 0 Å². The van der Waals surface area contributed by atoms with Gasteiger partial charge in [-0.1, -0.05) is 42.6 Å². The molecule has 2 aromatic rings. The minimum atomic E-state index is 0.503. The molecule has 7 heteroatoms. The first-order valence-corrected chi connectivity index (χ1v) is 9.64. The van der Waals surface area contributed by atoms with Gasteiger partial charge in [-0.2, -0.15) is 0 Å². The van der Waals surface area contributed by atoms with Gasteiger partial charge in [-0.25, -0.2) is 4.99 Å². The average Bonchev–Trinajstić information content (AvgIpc) is 3.25. The van der Waals surface area contributed by atoms with Crippen LogP contribution in [0.2, 0.25) is 5.02 Å². The van der Waals surface area contributed by atoms with Gasteiger partial charge in [0.05, 0.1) is 0 Å². The fourth-order valence-corrected chi connectivity index (χ4v) is 3.40. The number of aromatic nitrogens is 3. The molecule has 0 atom stereocenters. The Morgan fingerprint density at radius 2 is 2.04 bits per heavy atom. The Morgan fingerprint density at radius 1 is 1.27 bits per heavy atom. The van der Waals surface area contributed by atoms with E-state index in [2.05, 4.69) is 26.9 Å². The number of guanidine groups is 1. The van der Waals surface area contributed by atoms with Gasteiger partial charge in [0.15, 0.2) is 11.8 Å². The summed E-state index contributed by atoms with van der Waals surface area (Å²) in [6.07, 6.45) is 5.83. The highest BCUT2D eigenvalue weighted by atomic mass is 35.5. The van der Waals surface area contributed by atoms with Crippen LogP contribution in [0.1, 0.15) is 42.9 Å². The van der Waals surface area contributed by atoms with Crippen LogP contribution < -0.4 is 10.6 Å². The summed E-state index contributed by atoms with van der Waals surface area (Å²) in [5.41, 5.74) is 1.14. The number of aliphatic imine (C=N–C) groups is 1. The first-order valence-electron chi connectivity index (χ1n) is 9.26. The van der Waals surface area contributed by atoms with Gasteiger partial charge >= 0.3 is 0 Å². The zero-order chi connectivity index (χ0) is 18.4. The molecule has 3 rings (SSSR count). The number of hydrogen-bond acceptors (Lipinski definition) is 3. The second kappa shape index (κ2) is 9.03. The Labute approximate surface area is 160 Å². The zero-order valence-electron chi connectivity index (χ0n) is 15.5. The second-order valence-corrected chi connectivity index (χ2v) is 7.19. The molecule has 0 radical (unpaired) electrons. The van der Waals surface area contributed by atoms with Crippen LogP contribution in [-0.2, 0) is 20.0 Å². The van der Waals surface area contributed by atoms with E-state index >= 15 is 0 Å². The van der Waals surface area contributed by atoms with Crippen LogP contribution >= 0.6 is 11.6 Å². The van der Waals surface area contributed by atoms with Crippen molar-refractivity contribution >= 4 is 17.6 Å². The minimum Gasteiger partial charge on any atom is -0.356 e. The van der Waals surface area contributed by atoms with Gasteiger partial charge in [-0.05, 0) is 37.8 Å². The molecule has 0 spiro atoms. The molecule has 1 saturated carbocycles. The fraction of sp³-hybridized carbons (Fsp3) is 0.526. The van der Waals surface area contributed by atoms with Crippen molar-refractivity contribution in [3.05, 3.63) is 46.5 Å². The molecule has 1 aromatic heterocycles. The van der Waals surface area contributed by atoms with Gasteiger partial charge in [-0.3, -0.25) is 0 Å². The molecule has 0 aliphatic heterocycles. The third-order valence-corrected chi connectivity index (χ3v) is 5.27. The zero-order valence-corrected chi connectivity index (χ0v) is 16.3.